The van der Waals surface area contributed by atoms with Crippen molar-refractivity contribution in [3.05, 3.63) is 59.7 Å². The van der Waals surface area contributed by atoms with E-state index in [4.69, 9.17) is 5.14 Å². The Morgan fingerprint density at radius 2 is 1.60 bits per heavy atom. The van der Waals surface area contributed by atoms with E-state index < -0.39 is 10.0 Å². The van der Waals surface area contributed by atoms with Crippen LogP contribution in [0.25, 0.3) is 0 Å². The molecule has 1 aliphatic rings. The number of nitrogens with two attached hydrogens (primary N) is 1. The predicted molar refractivity (Wildman–Crippen MR) is 115 cm³/mol. The Kier molecular flexibility index (Phi) is 7.07. The van der Waals surface area contributed by atoms with Crippen LogP contribution in [-0.2, 0) is 16.4 Å². The highest BCUT2D eigenvalue weighted by molar-refractivity contribution is 7.89. The number of urea groups is 1. The minimum atomic E-state index is -3.71. The lowest BCUT2D eigenvalue weighted by molar-refractivity contribution is 0.0938. The zero-order valence-electron chi connectivity index (χ0n) is 16.6. The van der Waals surface area contributed by atoms with Gasteiger partial charge in [-0.2, -0.15) is 0 Å². The van der Waals surface area contributed by atoms with E-state index in [9.17, 15) is 18.0 Å². The molecule has 1 fully saturated rings. The molecule has 8 nitrogen and oxygen atoms in total. The second-order valence-corrected chi connectivity index (χ2v) is 8.91. The average Bonchev–Trinajstić information content (AvgIpc) is 3.21. The van der Waals surface area contributed by atoms with Gasteiger partial charge in [-0.25, -0.2) is 18.4 Å². The fraction of sp³-hybridized carbons (Fsp3) is 0.333. The van der Waals surface area contributed by atoms with Gasteiger partial charge in [0.05, 0.1) is 4.90 Å². The summed E-state index contributed by atoms with van der Waals surface area (Å²) in [5.41, 5.74) is 2.03. The largest absolute Gasteiger partial charge is 0.349 e. The van der Waals surface area contributed by atoms with Crippen LogP contribution < -0.4 is 21.1 Å². The molecule has 0 saturated heterocycles. The first-order valence-corrected chi connectivity index (χ1v) is 11.4. The highest BCUT2D eigenvalue weighted by Gasteiger charge is 2.17. The number of primary sulfonamides is 1. The number of carbonyl (C=O) groups is 2. The first-order valence-electron chi connectivity index (χ1n) is 9.89. The number of amides is 3. The molecule has 5 N–H and O–H groups in total. The normalized spacial score (nSPS) is 14.3. The van der Waals surface area contributed by atoms with Crippen molar-refractivity contribution < 1.29 is 18.0 Å². The SMILES string of the molecule is NS(=O)(=O)c1ccc(CCNC(=O)Nc2ccc(C(=O)NC3CCCC3)cc2)cc1. The number of carbonyl (C=O) groups excluding carboxylic acids is 2. The quantitative estimate of drug-likeness (QED) is 0.537. The maximum Gasteiger partial charge on any atom is 0.319 e. The molecule has 9 heteroatoms. The molecule has 2 aromatic carbocycles. The van der Waals surface area contributed by atoms with Crippen molar-refractivity contribution in [3.63, 3.8) is 0 Å². The van der Waals surface area contributed by atoms with Crippen LogP contribution in [0.2, 0.25) is 0 Å². The summed E-state index contributed by atoms with van der Waals surface area (Å²) in [4.78, 5) is 24.3. The molecule has 160 valence electrons. The molecule has 30 heavy (non-hydrogen) atoms. The highest BCUT2D eigenvalue weighted by Crippen LogP contribution is 2.18. The van der Waals surface area contributed by atoms with Crippen molar-refractivity contribution in [2.24, 2.45) is 5.14 Å². The summed E-state index contributed by atoms with van der Waals surface area (Å²) in [6, 6.07) is 12.9. The van der Waals surface area contributed by atoms with Gasteiger partial charge < -0.3 is 16.0 Å². The van der Waals surface area contributed by atoms with Crippen molar-refractivity contribution >= 4 is 27.6 Å². The summed E-state index contributed by atoms with van der Waals surface area (Å²) in [5.74, 6) is -0.0913. The minimum absolute atomic E-state index is 0.0531. The standard InChI is InChI=1S/C21H26N4O4S/c22-30(28,29)19-11-5-15(6-12-19)13-14-23-21(27)25-18-9-7-16(8-10-18)20(26)24-17-3-1-2-4-17/h5-12,17H,1-4,13-14H2,(H,24,26)(H2,22,28,29)(H2,23,25,27). The zero-order chi connectivity index (χ0) is 21.6. The number of hydrogen-bond donors (Lipinski definition) is 4. The second-order valence-electron chi connectivity index (χ2n) is 7.35. The lowest BCUT2D eigenvalue weighted by atomic mass is 10.1. The van der Waals surface area contributed by atoms with Crippen LogP contribution in [0.1, 0.15) is 41.6 Å². The van der Waals surface area contributed by atoms with Gasteiger partial charge in [0.1, 0.15) is 0 Å². The van der Waals surface area contributed by atoms with Crippen molar-refractivity contribution in [1.29, 1.82) is 0 Å². The molecule has 0 radical (unpaired) electrons. The van der Waals surface area contributed by atoms with Crippen molar-refractivity contribution in [3.8, 4) is 0 Å². The van der Waals surface area contributed by atoms with Crippen molar-refractivity contribution in [2.45, 2.75) is 43.0 Å². The van der Waals surface area contributed by atoms with Gasteiger partial charge in [0, 0.05) is 23.8 Å². The number of benzene rings is 2. The Bertz CT molecular complexity index is 983. The van der Waals surface area contributed by atoms with E-state index in [0.29, 0.717) is 24.2 Å². The van der Waals surface area contributed by atoms with E-state index in [0.717, 1.165) is 31.2 Å². The third-order valence-corrected chi connectivity index (χ3v) is 5.98. The van der Waals surface area contributed by atoms with E-state index >= 15 is 0 Å². The summed E-state index contributed by atoms with van der Waals surface area (Å²) < 4.78 is 22.5. The molecule has 3 rings (SSSR count). The summed E-state index contributed by atoms with van der Waals surface area (Å²) in [5, 5.41) is 13.6. The average molecular weight is 431 g/mol. The van der Waals surface area contributed by atoms with Gasteiger partial charge in [0.2, 0.25) is 10.0 Å². The molecule has 0 spiro atoms. The van der Waals surface area contributed by atoms with Crippen molar-refractivity contribution in [2.75, 3.05) is 11.9 Å². The van der Waals surface area contributed by atoms with Gasteiger partial charge in [-0.05, 0) is 61.2 Å². The third-order valence-electron chi connectivity index (χ3n) is 5.05. The summed E-state index contributed by atoms with van der Waals surface area (Å²) in [6.45, 7) is 0.377. The van der Waals surface area contributed by atoms with E-state index in [1.54, 1.807) is 36.4 Å². The van der Waals surface area contributed by atoms with Crippen LogP contribution in [0.15, 0.2) is 53.4 Å². The first kappa shape index (κ1) is 21.8. The molecular formula is C21H26N4O4S. The number of nitrogens with one attached hydrogen (secondary N) is 3. The molecule has 0 heterocycles. The maximum atomic E-state index is 12.2. The monoisotopic (exact) mass is 430 g/mol. The van der Waals surface area contributed by atoms with Gasteiger partial charge in [-0.15, -0.1) is 0 Å². The molecule has 0 aromatic heterocycles. The Morgan fingerprint density at radius 3 is 2.20 bits per heavy atom. The molecule has 0 aliphatic heterocycles. The summed E-state index contributed by atoms with van der Waals surface area (Å²) in [7, 11) is -3.71. The van der Waals surface area contributed by atoms with Gasteiger partial charge in [-0.1, -0.05) is 25.0 Å². The van der Waals surface area contributed by atoms with Crippen LogP contribution in [0.4, 0.5) is 10.5 Å². The molecule has 2 aromatic rings. The number of anilines is 1. The lowest BCUT2D eigenvalue weighted by Gasteiger charge is -2.12. The van der Waals surface area contributed by atoms with E-state index in [1.165, 1.54) is 12.1 Å². The third kappa shape index (κ3) is 6.30. The van der Waals surface area contributed by atoms with Crippen LogP contribution >= 0.6 is 0 Å². The van der Waals surface area contributed by atoms with Crippen LogP contribution in [0.5, 0.6) is 0 Å². The number of rotatable bonds is 7. The Hall–Kier alpha value is -2.91. The van der Waals surface area contributed by atoms with E-state index in [-0.39, 0.29) is 22.9 Å². The van der Waals surface area contributed by atoms with Crippen molar-refractivity contribution in [1.82, 2.24) is 10.6 Å². The Morgan fingerprint density at radius 1 is 0.967 bits per heavy atom. The minimum Gasteiger partial charge on any atom is -0.349 e. The summed E-state index contributed by atoms with van der Waals surface area (Å²) in [6.07, 6.45) is 4.91. The maximum absolute atomic E-state index is 12.2. The summed E-state index contributed by atoms with van der Waals surface area (Å²) >= 11 is 0. The molecular weight excluding hydrogens is 404 g/mol. The molecule has 0 atom stereocenters. The Balaban J connectivity index is 1.42. The fourth-order valence-electron chi connectivity index (χ4n) is 3.39. The topological polar surface area (TPSA) is 130 Å². The van der Waals surface area contributed by atoms with E-state index in [2.05, 4.69) is 16.0 Å². The van der Waals surface area contributed by atoms with Gasteiger partial charge in [-0.3, -0.25) is 4.79 Å². The predicted octanol–water partition coefficient (Wildman–Crippen LogP) is 2.37. The highest BCUT2D eigenvalue weighted by atomic mass is 32.2. The van der Waals surface area contributed by atoms with Crippen LogP contribution in [-0.4, -0.2) is 32.9 Å². The van der Waals surface area contributed by atoms with Gasteiger partial charge >= 0.3 is 6.03 Å². The van der Waals surface area contributed by atoms with Gasteiger partial charge in [0.25, 0.3) is 5.91 Å². The zero-order valence-corrected chi connectivity index (χ0v) is 17.4. The second kappa shape index (κ2) is 9.73. The molecule has 0 bridgehead atoms. The van der Waals surface area contributed by atoms with Crippen LogP contribution in [0.3, 0.4) is 0 Å². The smallest absolute Gasteiger partial charge is 0.319 e. The molecule has 1 aliphatic carbocycles. The fourth-order valence-corrected chi connectivity index (χ4v) is 3.90. The lowest BCUT2D eigenvalue weighted by Crippen LogP contribution is -2.32. The molecule has 0 unspecified atom stereocenters. The van der Waals surface area contributed by atoms with Gasteiger partial charge in [0.15, 0.2) is 0 Å². The Labute approximate surface area is 176 Å². The molecule has 1 saturated carbocycles. The van der Waals surface area contributed by atoms with E-state index in [1.807, 2.05) is 0 Å². The van der Waals surface area contributed by atoms with Crippen LogP contribution in [0, 0.1) is 0 Å². The molecule has 3 amide bonds. The number of sulfonamides is 1. The number of hydrogen-bond acceptors (Lipinski definition) is 4. The first-order chi connectivity index (χ1) is 14.3.